The van der Waals surface area contributed by atoms with Crippen LogP contribution >= 0.6 is 50.1 Å². The van der Waals surface area contributed by atoms with E-state index < -0.39 is 11.9 Å². The van der Waals surface area contributed by atoms with E-state index in [4.69, 9.17) is 16.7 Å². The van der Waals surface area contributed by atoms with Crippen molar-refractivity contribution in [1.82, 2.24) is 14.9 Å². The Hall–Kier alpha value is -0.940. The molecule has 1 aromatic carbocycles. The van der Waals surface area contributed by atoms with Gasteiger partial charge in [-0.3, -0.25) is 0 Å². The Balaban J connectivity index is 2.11. The third-order valence-electron chi connectivity index (χ3n) is 3.95. The number of anilines is 1. The van der Waals surface area contributed by atoms with Gasteiger partial charge in [0.2, 0.25) is 5.28 Å². The summed E-state index contributed by atoms with van der Waals surface area (Å²) in [6.45, 7) is 3.04. The Morgan fingerprint density at radius 2 is 2.21 bits per heavy atom. The summed E-state index contributed by atoms with van der Waals surface area (Å²) >= 11 is 11.2. The Labute approximate surface area is 164 Å². The summed E-state index contributed by atoms with van der Waals surface area (Å²) in [5, 5.41) is 9.65. The highest BCUT2D eigenvalue weighted by Gasteiger charge is 2.29. The molecule has 1 amide bonds. The third-order valence-corrected chi connectivity index (χ3v) is 6.49. The van der Waals surface area contributed by atoms with E-state index in [1.165, 1.54) is 4.90 Å². The standard InChI is InChI=1S/C14H12BrClFIN4O2/c1-6-5-21(14(23)24)2-3-22(6)12-7-4-8(18)9(15)10(17)11(7)19-13(16)20-12/h4,6H,2-3,5H2,1H3,(H,23,24)/t6-/m0/s1. The molecule has 1 fully saturated rings. The first-order chi connectivity index (χ1) is 11.3. The largest absolute Gasteiger partial charge is 0.465 e. The lowest BCUT2D eigenvalue weighted by Crippen LogP contribution is -2.53. The average molecular weight is 530 g/mol. The molecule has 6 nitrogen and oxygen atoms in total. The number of nitrogens with zero attached hydrogens (tertiary/aromatic N) is 4. The number of amides is 1. The molecule has 0 spiro atoms. The zero-order valence-electron chi connectivity index (χ0n) is 12.4. The van der Waals surface area contributed by atoms with Gasteiger partial charge in [0.1, 0.15) is 11.3 Å². The van der Waals surface area contributed by atoms with Crippen molar-refractivity contribution in [1.29, 1.82) is 0 Å². The number of fused-ring (bicyclic) bond motifs is 1. The molecule has 10 heteroatoms. The van der Waals surface area contributed by atoms with Gasteiger partial charge in [0.05, 0.1) is 4.47 Å². The van der Waals surface area contributed by atoms with Crippen LogP contribution in [0.1, 0.15) is 6.92 Å². The zero-order valence-corrected chi connectivity index (χ0v) is 16.9. The highest BCUT2D eigenvalue weighted by Crippen LogP contribution is 2.35. The van der Waals surface area contributed by atoms with Gasteiger partial charge < -0.3 is 14.9 Å². The second-order valence-corrected chi connectivity index (χ2v) is 7.76. The van der Waals surface area contributed by atoms with Crippen LogP contribution in [-0.4, -0.2) is 51.7 Å². The van der Waals surface area contributed by atoms with E-state index in [0.717, 1.165) is 0 Å². The van der Waals surface area contributed by atoms with Crippen molar-refractivity contribution in [3.8, 4) is 0 Å². The summed E-state index contributed by atoms with van der Waals surface area (Å²) in [6.07, 6.45) is -0.948. The molecule has 1 aromatic heterocycles. The maximum absolute atomic E-state index is 14.5. The van der Waals surface area contributed by atoms with Crippen LogP contribution in [0.5, 0.6) is 0 Å². The quantitative estimate of drug-likeness (QED) is 0.344. The lowest BCUT2D eigenvalue weighted by atomic mass is 10.1. The highest BCUT2D eigenvalue weighted by atomic mass is 127. The van der Waals surface area contributed by atoms with E-state index in [2.05, 4.69) is 25.9 Å². The second-order valence-electron chi connectivity index (χ2n) is 5.47. The monoisotopic (exact) mass is 528 g/mol. The molecule has 1 saturated heterocycles. The van der Waals surface area contributed by atoms with Crippen LogP contribution in [0.25, 0.3) is 10.9 Å². The Morgan fingerprint density at radius 3 is 2.83 bits per heavy atom. The Morgan fingerprint density at radius 1 is 1.50 bits per heavy atom. The molecule has 2 aromatic rings. The van der Waals surface area contributed by atoms with Crippen molar-refractivity contribution < 1.29 is 14.3 Å². The van der Waals surface area contributed by atoms with Gasteiger partial charge in [0.15, 0.2) is 5.82 Å². The minimum absolute atomic E-state index is 0.0441. The molecule has 0 bridgehead atoms. The maximum Gasteiger partial charge on any atom is 0.407 e. The number of halogens is 4. The molecular formula is C14H12BrClFIN4O2. The molecule has 3 rings (SSSR count). The predicted octanol–water partition coefficient (Wildman–Crippen LogP) is 3.98. The molecule has 1 N–H and O–H groups in total. The molecule has 1 aliphatic heterocycles. The van der Waals surface area contributed by atoms with Crippen LogP contribution in [0.4, 0.5) is 15.0 Å². The van der Waals surface area contributed by atoms with E-state index in [1.807, 2.05) is 34.4 Å². The molecule has 1 aliphatic rings. The van der Waals surface area contributed by atoms with Crippen LogP contribution < -0.4 is 4.90 Å². The number of hydrogen-bond donors (Lipinski definition) is 1. The molecule has 0 unspecified atom stereocenters. The van der Waals surface area contributed by atoms with Gasteiger partial charge in [-0.15, -0.1) is 0 Å². The molecule has 1 atom stereocenters. The summed E-state index contributed by atoms with van der Waals surface area (Å²) in [5.74, 6) is 0.0335. The number of carboxylic acid groups (broad SMARTS) is 1. The van der Waals surface area contributed by atoms with Gasteiger partial charge in [-0.2, -0.15) is 4.98 Å². The van der Waals surface area contributed by atoms with Gasteiger partial charge in [0.25, 0.3) is 0 Å². The van der Waals surface area contributed by atoms with Crippen molar-refractivity contribution >= 4 is 72.9 Å². The smallest absolute Gasteiger partial charge is 0.407 e. The molecule has 0 aliphatic carbocycles. The zero-order chi connectivity index (χ0) is 17.6. The fourth-order valence-corrected chi connectivity index (χ4v) is 3.81. The van der Waals surface area contributed by atoms with Crippen molar-refractivity contribution in [3.63, 3.8) is 0 Å². The summed E-state index contributed by atoms with van der Waals surface area (Å²) in [4.78, 5) is 22.7. The van der Waals surface area contributed by atoms with Gasteiger partial charge in [-0.25, -0.2) is 14.2 Å². The molecule has 0 saturated carbocycles. The topological polar surface area (TPSA) is 69.6 Å². The second kappa shape index (κ2) is 6.75. The molecule has 128 valence electrons. The number of piperazine rings is 1. The van der Waals surface area contributed by atoms with Crippen LogP contribution in [0.15, 0.2) is 10.5 Å². The van der Waals surface area contributed by atoms with E-state index in [0.29, 0.717) is 38.9 Å². The first-order valence-electron chi connectivity index (χ1n) is 7.05. The molecular weight excluding hydrogens is 517 g/mol. The van der Waals surface area contributed by atoms with Gasteiger partial charge in [0, 0.05) is 34.6 Å². The fourth-order valence-electron chi connectivity index (χ4n) is 2.80. The summed E-state index contributed by atoms with van der Waals surface area (Å²) in [7, 11) is 0. The lowest BCUT2D eigenvalue weighted by molar-refractivity contribution is 0.136. The molecule has 24 heavy (non-hydrogen) atoms. The van der Waals surface area contributed by atoms with Crippen molar-refractivity contribution in [2.75, 3.05) is 24.5 Å². The third kappa shape index (κ3) is 3.13. The van der Waals surface area contributed by atoms with Crippen LogP contribution in [0.3, 0.4) is 0 Å². The van der Waals surface area contributed by atoms with Crippen LogP contribution in [0.2, 0.25) is 5.28 Å². The number of benzene rings is 1. The van der Waals surface area contributed by atoms with Crippen LogP contribution in [-0.2, 0) is 0 Å². The summed E-state index contributed by atoms with van der Waals surface area (Å²) in [5.41, 5.74) is 0.144. The number of aromatic nitrogens is 2. The van der Waals surface area contributed by atoms with Gasteiger partial charge in [-0.05, 0) is 63.1 Å². The highest BCUT2D eigenvalue weighted by molar-refractivity contribution is 14.1. The van der Waals surface area contributed by atoms with Crippen molar-refractivity contribution in [2.24, 2.45) is 0 Å². The van der Waals surface area contributed by atoms with Crippen LogP contribution in [0, 0.1) is 9.39 Å². The Kier molecular flexibility index (Phi) is 5.03. The van der Waals surface area contributed by atoms with E-state index >= 15 is 0 Å². The van der Waals surface area contributed by atoms with E-state index in [1.54, 1.807) is 6.07 Å². The Bertz CT molecular complexity index is 840. The summed E-state index contributed by atoms with van der Waals surface area (Å²) in [6, 6.07) is 1.68. The lowest BCUT2D eigenvalue weighted by Gasteiger charge is -2.39. The number of rotatable bonds is 1. The van der Waals surface area contributed by atoms with Crippen molar-refractivity contribution in [3.05, 3.63) is 25.2 Å². The van der Waals surface area contributed by atoms with E-state index in [9.17, 15) is 9.18 Å². The number of carbonyl (C=O) groups is 1. The predicted molar refractivity (Wildman–Crippen MR) is 101 cm³/mol. The first kappa shape index (κ1) is 17.9. The average Bonchev–Trinajstić information content (AvgIpc) is 2.53. The SMILES string of the molecule is C[C@H]1CN(C(=O)O)CCN1c1nc(Cl)nc2c(F)c(Br)c(I)cc12. The number of hydrogen-bond acceptors (Lipinski definition) is 4. The van der Waals surface area contributed by atoms with E-state index in [-0.39, 0.29) is 16.8 Å². The first-order valence-corrected chi connectivity index (χ1v) is 9.29. The normalized spacial score (nSPS) is 18.3. The van der Waals surface area contributed by atoms with Gasteiger partial charge in [-0.1, -0.05) is 0 Å². The fraction of sp³-hybridized carbons (Fsp3) is 0.357. The molecule has 0 radical (unpaired) electrons. The maximum atomic E-state index is 14.5. The summed E-state index contributed by atoms with van der Waals surface area (Å²) < 4.78 is 15.6. The minimum atomic E-state index is -0.948. The molecule has 2 heterocycles. The minimum Gasteiger partial charge on any atom is -0.465 e. The van der Waals surface area contributed by atoms with Crippen molar-refractivity contribution in [2.45, 2.75) is 13.0 Å². The van der Waals surface area contributed by atoms with Gasteiger partial charge >= 0.3 is 6.09 Å².